The minimum Gasteiger partial charge on any atom is -0.0619 e. The van der Waals surface area contributed by atoms with Crippen molar-refractivity contribution in [3.63, 3.8) is 0 Å². The van der Waals surface area contributed by atoms with Crippen LogP contribution in [-0.4, -0.2) is 0 Å². The molecule has 266 valence electrons. The van der Waals surface area contributed by atoms with E-state index in [2.05, 4.69) is 208 Å². The summed E-state index contributed by atoms with van der Waals surface area (Å²) < 4.78 is 0. The maximum atomic E-state index is 2.50. The van der Waals surface area contributed by atoms with E-state index in [9.17, 15) is 0 Å². The Balaban J connectivity index is 1.08. The summed E-state index contributed by atoms with van der Waals surface area (Å²) in [6, 6.07) is 72.7. The van der Waals surface area contributed by atoms with Crippen molar-refractivity contribution in [3.05, 3.63) is 205 Å². The van der Waals surface area contributed by atoms with Crippen LogP contribution in [0.1, 0.15) is 25.0 Å². The van der Waals surface area contributed by atoms with E-state index >= 15 is 0 Å². The van der Waals surface area contributed by atoms with Crippen molar-refractivity contribution in [2.75, 3.05) is 0 Å². The monoisotopic (exact) mass is 722 g/mol. The average Bonchev–Trinajstić information content (AvgIpc) is 3.49. The third-order valence-corrected chi connectivity index (χ3v) is 13.0. The topological polar surface area (TPSA) is 0 Å². The Morgan fingerprint density at radius 2 is 0.719 bits per heavy atom. The van der Waals surface area contributed by atoms with E-state index in [0.29, 0.717) is 0 Å². The molecule has 57 heavy (non-hydrogen) atoms. The van der Waals surface area contributed by atoms with Gasteiger partial charge in [-0.1, -0.05) is 190 Å². The zero-order valence-corrected chi connectivity index (χ0v) is 32.0. The van der Waals surface area contributed by atoms with Gasteiger partial charge in [-0.25, -0.2) is 0 Å². The average molecular weight is 723 g/mol. The second kappa shape index (κ2) is 12.0. The van der Waals surface area contributed by atoms with Gasteiger partial charge in [-0.3, -0.25) is 0 Å². The Hall–Kier alpha value is -7.02. The molecule has 0 amide bonds. The van der Waals surface area contributed by atoms with Crippen LogP contribution in [0.4, 0.5) is 0 Å². The minimum absolute atomic E-state index is 0.0617. The van der Waals surface area contributed by atoms with Crippen LogP contribution in [-0.2, 0) is 5.41 Å². The van der Waals surface area contributed by atoms with Gasteiger partial charge in [0.05, 0.1) is 0 Å². The van der Waals surface area contributed by atoms with Crippen molar-refractivity contribution in [2.45, 2.75) is 19.3 Å². The van der Waals surface area contributed by atoms with Gasteiger partial charge in [0.25, 0.3) is 0 Å². The van der Waals surface area contributed by atoms with E-state index in [1.165, 1.54) is 120 Å². The molecule has 0 spiro atoms. The molecule has 1 aliphatic rings. The molecule has 0 heterocycles. The number of hydrogen-bond donors (Lipinski definition) is 0. The second-order valence-electron chi connectivity index (χ2n) is 16.4. The smallest absolute Gasteiger partial charge is 0.0159 e. The standard InChI is InChI=1S/C57H38/c1-57(2)53-25-12-11-19-44(53)52-33-50-42-18-6-5-17-41(42)49-32-38(30-31-43(49)51(50)34-54(52)57)56-47-22-9-7-20-45(47)55(46-21-8-10-23-48(46)56)37-28-26-36(27-29-37)40-24-13-15-35-14-3-4-16-39(35)40/h3-34H,1-2H3. The number of fused-ring (bicyclic) bond motifs is 12. The molecular formula is C57H38. The van der Waals surface area contributed by atoms with E-state index in [4.69, 9.17) is 0 Å². The van der Waals surface area contributed by atoms with E-state index in [1.54, 1.807) is 0 Å². The lowest BCUT2D eigenvalue weighted by Gasteiger charge is -2.22. The van der Waals surface area contributed by atoms with Crippen LogP contribution < -0.4 is 0 Å². The Bertz CT molecular complexity index is 3410. The first-order chi connectivity index (χ1) is 28.0. The van der Waals surface area contributed by atoms with Crippen molar-refractivity contribution >= 4 is 64.6 Å². The summed E-state index contributed by atoms with van der Waals surface area (Å²) in [7, 11) is 0. The largest absolute Gasteiger partial charge is 0.0619 e. The van der Waals surface area contributed by atoms with Crippen LogP contribution in [0.3, 0.4) is 0 Å². The van der Waals surface area contributed by atoms with Gasteiger partial charge in [-0.2, -0.15) is 0 Å². The third-order valence-electron chi connectivity index (χ3n) is 13.0. The van der Waals surface area contributed by atoms with Crippen molar-refractivity contribution in [2.24, 2.45) is 0 Å². The highest BCUT2D eigenvalue weighted by atomic mass is 14.4. The van der Waals surface area contributed by atoms with Crippen LogP contribution >= 0.6 is 0 Å². The van der Waals surface area contributed by atoms with Crippen molar-refractivity contribution in [1.82, 2.24) is 0 Å². The Kier molecular flexibility index (Phi) is 6.78. The van der Waals surface area contributed by atoms with Gasteiger partial charge in [-0.05, 0) is 138 Å². The summed E-state index contributed by atoms with van der Waals surface area (Å²) in [4.78, 5) is 0. The molecule has 1 aliphatic carbocycles. The van der Waals surface area contributed by atoms with Gasteiger partial charge < -0.3 is 0 Å². The summed E-state index contributed by atoms with van der Waals surface area (Å²) in [6.45, 7) is 4.76. The first kappa shape index (κ1) is 32.2. The minimum atomic E-state index is -0.0617. The summed E-state index contributed by atoms with van der Waals surface area (Å²) >= 11 is 0. The summed E-state index contributed by atoms with van der Waals surface area (Å²) in [5.41, 5.74) is 13.0. The molecule has 0 aromatic heterocycles. The van der Waals surface area contributed by atoms with Crippen LogP contribution in [0.15, 0.2) is 194 Å². The predicted molar refractivity (Wildman–Crippen MR) is 245 cm³/mol. The van der Waals surface area contributed by atoms with Crippen LogP contribution in [0.2, 0.25) is 0 Å². The third kappa shape index (κ3) is 4.62. The van der Waals surface area contributed by atoms with Crippen molar-refractivity contribution < 1.29 is 0 Å². The lowest BCUT2D eigenvalue weighted by Crippen LogP contribution is -2.14. The van der Waals surface area contributed by atoms with E-state index in [0.717, 1.165) is 0 Å². The molecule has 0 saturated carbocycles. The van der Waals surface area contributed by atoms with Gasteiger partial charge in [0.2, 0.25) is 0 Å². The fourth-order valence-corrected chi connectivity index (χ4v) is 10.3. The normalized spacial score (nSPS) is 13.2. The maximum Gasteiger partial charge on any atom is 0.0159 e. The van der Waals surface area contributed by atoms with E-state index < -0.39 is 0 Å². The fraction of sp³-hybridized carbons (Fsp3) is 0.0526. The molecule has 11 aromatic rings. The molecule has 11 aromatic carbocycles. The Labute approximate surface area is 332 Å². The highest BCUT2D eigenvalue weighted by Gasteiger charge is 2.35. The summed E-state index contributed by atoms with van der Waals surface area (Å²) in [5.74, 6) is 0. The molecule has 0 nitrogen and oxygen atoms in total. The number of hydrogen-bond acceptors (Lipinski definition) is 0. The van der Waals surface area contributed by atoms with Gasteiger partial charge in [-0.15, -0.1) is 0 Å². The molecule has 0 saturated heterocycles. The van der Waals surface area contributed by atoms with Gasteiger partial charge in [0.1, 0.15) is 0 Å². The molecule has 0 unspecified atom stereocenters. The maximum absolute atomic E-state index is 2.50. The van der Waals surface area contributed by atoms with Crippen LogP contribution in [0.5, 0.6) is 0 Å². The highest BCUT2D eigenvalue weighted by Crippen LogP contribution is 2.52. The molecule has 0 heteroatoms. The van der Waals surface area contributed by atoms with Gasteiger partial charge in [0, 0.05) is 5.41 Å². The summed E-state index contributed by atoms with van der Waals surface area (Å²) in [6.07, 6.45) is 0. The molecule has 0 radical (unpaired) electrons. The molecule has 0 fully saturated rings. The molecule has 0 bridgehead atoms. The molecule has 0 N–H and O–H groups in total. The zero-order valence-electron chi connectivity index (χ0n) is 32.0. The van der Waals surface area contributed by atoms with Crippen molar-refractivity contribution in [3.8, 4) is 44.5 Å². The first-order valence-electron chi connectivity index (χ1n) is 20.1. The van der Waals surface area contributed by atoms with Crippen LogP contribution in [0, 0.1) is 0 Å². The summed E-state index contributed by atoms with van der Waals surface area (Å²) in [5, 5.41) is 15.5. The highest BCUT2D eigenvalue weighted by molar-refractivity contribution is 6.28. The lowest BCUT2D eigenvalue weighted by atomic mass is 9.81. The van der Waals surface area contributed by atoms with E-state index in [-0.39, 0.29) is 5.41 Å². The SMILES string of the molecule is CC1(C)c2ccccc2-c2cc3c4ccccc4c4cc(-c5c6ccccc6c(-c6ccc(-c7cccc8ccccc78)cc6)c6ccccc56)ccc4c3cc21. The molecule has 12 rings (SSSR count). The van der Waals surface area contributed by atoms with Crippen LogP contribution in [0.25, 0.3) is 109 Å². The van der Waals surface area contributed by atoms with E-state index in [1.807, 2.05) is 0 Å². The first-order valence-corrected chi connectivity index (χ1v) is 20.1. The Morgan fingerprint density at radius 3 is 1.40 bits per heavy atom. The molecule has 0 aliphatic heterocycles. The van der Waals surface area contributed by atoms with Crippen molar-refractivity contribution in [1.29, 1.82) is 0 Å². The molecule has 0 atom stereocenters. The zero-order chi connectivity index (χ0) is 37.8. The number of benzene rings is 11. The quantitative estimate of drug-likeness (QED) is 0.126. The van der Waals surface area contributed by atoms with Gasteiger partial charge in [0.15, 0.2) is 0 Å². The molecular weight excluding hydrogens is 685 g/mol. The Morgan fingerprint density at radius 1 is 0.263 bits per heavy atom. The fourth-order valence-electron chi connectivity index (χ4n) is 10.3. The number of rotatable bonds is 3. The second-order valence-corrected chi connectivity index (χ2v) is 16.4. The lowest BCUT2D eigenvalue weighted by molar-refractivity contribution is 0.661. The predicted octanol–water partition coefficient (Wildman–Crippen LogP) is 15.9. The van der Waals surface area contributed by atoms with Gasteiger partial charge >= 0.3 is 0 Å².